The molecule has 0 amide bonds. The van der Waals surface area contributed by atoms with E-state index in [4.69, 9.17) is 26.3 Å². The Kier molecular flexibility index (Phi) is 7.26. The Morgan fingerprint density at radius 3 is 2.64 bits per heavy atom. The summed E-state index contributed by atoms with van der Waals surface area (Å²) in [6, 6.07) is 18.7. The lowest BCUT2D eigenvalue weighted by atomic mass is 9.93. The molecule has 1 fully saturated rings. The second-order valence-corrected chi connectivity index (χ2v) is 10.4. The van der Waals surface area contributed by atoms with Gasteiger partial charge in [0, 0.05) is 35.3 Å². The van der Waals surface area contributed by atoms with Gasteiger partial charge < -0.3 is 9.30 Å². The van der Waals surface area contributed by atoms with Gasteiger partial charge in [-0.1, -0.05) is 41.1 Å². The lowest BCUT2D eigenvalue weighted by Gasteiger charge is -2.31. The van der Waals surface area contributed by atoms with Crippen LogP contribution in [0.2, 0.25) is 5.02 Å². The maximum Gasteiger partial charge on any atom is 0.213 e. The van der Waals surface area contributed by atoms with Crippen LogP contribution in [-0.2, 0) is 26.7 Å². The van der Waals surface area contributed by atoms with Crippen molar-refractivity contribution in [2.45, 2.75) is 38.5 Å². The Balaban J connectivity index is 1.10. The molecular formula is C29H29ClFN7O. The Hall–Kier alpha value is -3.82. The largest absolute Gasteiger partial charge is 0.473 e. The van der Waals surface area contributed by atoms with Crippen molar-refractivity contribution < 1.29 is 9.13 Å². The van der Waals surface area contributed by atoms with Crippen molar-refractivity contribution in [2.24, 2.45) is 7.05 Å². The first-order valence-corrected chi connectivity index (χ1v) is 13.4. The van der Waals surface area contributed by atoms with E-state index in [1.807, 2.05) is 31.3 Å². The van der Waals surface area contributed by atoms with Crippen LogP contribution in [0.25, 0.3) is 11.0 Å². The molecule has 39 heavy (non-hydrogen) atoms. The fraction of sp³-hybridized carbons (Fsp3) is 0.310. The first kappa shape index (κ1) is 25.5. The van der Waals surface area contributed by atoms with Gasteiger partial charge in [0.05, 0.1) is 36.0 Å². The van der Waals surface area contributed by atoms with Gasteiger partial charge in [0.15, 0.2) is 0 Å². The highest BCUT2D eigenvalue weighted by Crippen LogP contribution is 2.29. The molecule has 2 aromatic carbocycles. The van der Waals surface area contributed by atoms with Crippen molar-refractivity contribution in [2.75, 3.05) is 13.1 Å². The van der Waals surface area contributed by atoms with E-state index in [-0.39, 0.29) is 12.4 Å². The number of halogens is 2. The first-order chi connectivity index (χ1) is 19.0. The minimum atomic E-state index is -0.378. The van der Waals surface area contributed by atoms with Gasteiger partial charge in [0.2, 0.25) is 5.88 Å². The number of para-hydroxylation sites is 2. The van der Waals surface area contributed by atoms with Gasteiger partial charge in [-0.05, 0) is 56.3 Å². The number of rotatable bonds is 8. The highest BCUT2D eigenvalue weighted by atomic mass is 35.5. The molecule has 0 N–H and O–H groups in total. The number of hydrogen-bond acceptors (Lipinski definition) is 6. The number of aryl methyl sites for hydroxylation is 1. The maximum atomic E-state index is 14.1. The Morgan fingerprint density at radius 2 is 1.85 bits per heavy atom. The van der Waals surface area contributed by atoms with Gasteiger partial charge in [0.25, 0.3) is 0 Å². The van der Waals surface area contributed by atoms with Crippen molar-refractivity contribution in [3.8, 4) is 5.88 Å². The van der Waals surface area contributed by atoms with E-state index in [0.717, 1.165) is 60.7 Å². The summed E-state index contributed by atoms with van der Waals surface area (Å²) in [4.78, 5) is 12.2. The number of pyridine rings is 1. The summed E-state index contributed by atoms with van der Waals surface area (Å²) in [5.74, 6) is 1.51. The number of likely N-dealkylation sites (tertiary alicyclic amines) is 1. The topological polar surface area (TPSA) is 73.9 Å². The third kappa shape index (κ3) is 5.65. The van der Waals surface area contributed by atoms with E-state index >= 15 is 0 Å². The molecular weight excluding hydrogens is 517 g/mol. The predicted octanol–water partition coefficient (Wildman–Crippen LogP) is 5.36. The van der Waals surface area contributed by atoms with E-state index in [0.29, 0.717) is 28.9 Å². The van der Waals surface area contributed by atoms with E-state index in [2.05, 4.69) is 38.0 Å². The lowest BCUT2D eigenvalue weighted by Crippen LogP contribution is -2.33. The Bertz CT molecular complexity index is 1590. The van der Waals surface area contributed by atoms with Gasteiger partial charge in [-0.25, -0.2) is 14.4 Å². The molecule has 10 heteroatoms. The molecule has 200 valence electrons. The average molecular weight is 546 g/mol. The quantitative estimate of drug-likeness (QED) is 0.261. The number of nitrogens with zero attached hydrogens (tertiary/aromatic N) is 7. The molecule has 1 aliphatic rings. The molecule has 0 radical (unpaired) electrons. The lowest BCUT2D eigenvalue weighted by molar-refractivity contribution is 0.196. The van der Waals surface area contributed by atoms with Crippen LogP contribution in [0.5, 0.6) is 5.88 Å². The van der Waals surface area contributed by atoms with Crippen LogP contribution >= 0.6 is 11.6 Å². The van der Waals surface area contributed by atoms with Crippen molar-refractivity contribution >= 4 is 22.6 Å². The minimum Gasteiger partial charge on any atom is -0.473 e. The zero-order valence-electron chi connectivity index (χ0n) is 21.7. The molecule has 0 saturated carbocycles. The van der Waals surface area contributed by atoms with Crippen LogP contribution in [0.4, 0.5) is 4.39 Å². The second kappa shape index (κ2) is 11.1. The number of imidazole rings is 1. The summed E-state index contributed by atoms with van der Waals surface area (Å²) in [6.07, 6.45) is 3.79. The number of ether oxygens (including phenoxy) is 1. The van der Waals surface area contributed by atoms with E-state index in [1.54, 1.807) is 23.0 Å². The van der Waals surface area contributed by atoms with Crippen molar-refractivity contribution in [3.63, 3.8) is 0 Å². The second-order valence-electron chi connectivity index (χ2n) is 9.93. The third-order valence-corrected chi connectivity index (χ3v) is 7.60. The molecule has 0 unspecified atom stereocenters. The fourth-order valence-corrected chi connectivity index (χ4v) is 5.31. The predicted molar refractivity (Wildman–Crippen MR) is 147 cm³/mol. The van der Waals surface area contributed by atoms with Crippen molar-refractivity contribution in [1.29, 1.82) is 0 Å². The van der Waals surface area contributed by atoms with Crippen LogP contribution in [0.1, 0.15) is 41.5 Å². The van der Waals surface area contributed by atoms with Crippen LogP contribution in [-0.4, -0.2) is 47.5 Å². The standard InChI is InChI=1S/C29H29ClFN7O/c1-36-23(16-32-35-36)17-38-27-7-3-2-5-26(27)33-28(38)18-37-13-11-20(12-14-37)25-6-4-8-29(34-25)39-19-21-9-10-22(30)15-24(21)31/h2-10,15-16,20H,11-14,17-19H2,1H3. The molecule has 0 spiro atoms. The summed E-state index contributed by atoms with van der Waals surface area (Å²) >= 11 is 5.85. The minimum absolute atomic E-state index is 0.105. The van der Waals surface area contributed by atoms with Crippen LogP contribution in [0, 0.1) is 5.82 Å². The summed E-state index contributed by atoms with van der Waals surface area (Å²) in [7, 11) is 1.91. The maximum absolute atomic E-state index is 14.1. The summed E-state index contributed by atoms with van der Waals surface area (Å²) < 4.78 is 24.0. The van der Waals surface area contributed by atoms with Crippen molar-refractivity contribution in [1.82, 2.24) is 34.4 Å². The smallest absolute Gasteiger partial charge is 0.213 e. The highest BCUT2D eigenvalue weighted by molar-refractivity contribution is 6.30. The van der Waals surface area contributed by atoms with Crippen LogP contribution in [0.3, 0.4) is 0 Å². The van der Waals surface area contributed by atoms with Gasteiger partial charge in [0.1, 0.15) is 18.2 Å². The first-order valence-electron chi connectivity index (χ1n) is 13.1. The monoisotopic (exact) mass is 545 g/mol. The summed E-state index contributed by atoms with van der Waals surface area (Å²) in [5, 5.41) is 8.49. The number of fused-ring (bicyclic) bond motifs is 1. The van der Waals surface area contributed by atoms with E-state index in [1.165, 1.54) is 6.07 Å². The number of aromatic nitrogens is 6. The zero-order chi connectivity index (χ0) is 26.8. The number of hydrogen-bond donors (Lipinski definition) is 0. The van der Waals surface area contributed by atoms with Crippen LogP contribution in [0.15, 0.2) is 66.9 Å². The number of piperidine rings is 1. The Morgan fingerprint density at radius 1 is 1.00 bits per heavy atom. The SMILES string of the molecule is Cn1nncc1Cn1c(CN2CCC(c3cccc(OCc4ccc(Cl)cc4F)n3)CC2)nc2ccccc21. The molecule has 0 aliphatic carbocycles. The molecule has 0 bridgehead atoms. The molecule has 4 heterocycles. The normalized spacial score (nSPS) is 14.7. The third-order valence-electron chi connectivity index (χ3n) is 7.37. The summed E-state index contributed by atoms with van der Waals surface area (Å²) in [5.41, 5.74) is 4.61. The van der Waals surface area contributed by atoms with Gasteiger partial charge in [-0.3, -0.25) is 9.58 Å². The molecule has 1 saturated heterocycles. The zero-order valence-corrected chi connectivity index (χ0v) is 22.4. The van der Waals surface area contributed by atoms with Crippen molar-refractivity contribution in [3.05, 3.63) is 100 Å². The van der Waals surface area contributed by atoms with E-state index in [9.17, 15) is 4.39 Å². The molecule has 3 aromatic heterocycles. The Labute approximate surface area is 231 Å². The summed E-state index contributed by atoms with van der Waals surface area (Å²) in [6.45, 7) is 3.45. The molecule has 0 atom stereocenters. The van der Waals surface area contributed by atoms with E-state index < -0.39 is 0 Å². The molecule has 1 aliphatic heterocycles. The fourth-order valence-electron chi connectivity index (χ4n) is 5.15. The average Bonchev–Trinajstić information content (AvgIpc) is 3.51. The number of benzene rings is 2. The van der Waals surface area contributed by atoms with Gasteiger partial charge >= 0.3 is 0 Å². The molecule has 6 rings (SSSR count). The van der Waals surface area contributed by atoms with Gasteiger partial charge in [-0.2, -0.15) is 0 Å². The highest BCUT2D eigenvalue weighted by Gasteiger charge is 2.24. The molecule has 8 nitrogen and oxygen atoms in total. The van der Waals surface area contributed by atoms with Gasteiger partial charge in [-0.15, -0.1) is 5.10 Å². The van der Waals surface area contributed by atoms with Crippen LogP contribution < -0.4 is 4.74 Å². The molecule has 5 aromatic rings.